The molecule has 0 N–H and O–H groups in total. The van der Waals surface area contributed by atoms with Gasteiger partial charge in [0.1, 0.15) is 11.5 Å². The Balaban J connectivity index is 2.19. The first-order valence-corrected chi connectivity index (χ1v) is 5.68. The standard InChI is InChI=1S/C14H16O3/c1-16-12-6-8-14(17-2)11(9-12)5-7-13(15)10-3-4-10/h5-10H,3-4H2,1-2H3/b7-5+. The molecule has 2 rings (SSSR count). The highest BCUT2D eigenvalue weighted by Gasteiger charge is 2.27. The highest BCUT2D eigenvalue weighted by atomic mass is 16.5. The number of allylic oxidation sites excluding steroid dienone is 1. The highest BCUT2D eigenvalue weighted by Crippen LogP contribution is 2.31. The number of ether oxygens (including phenoxy) is 2. The van der Waals surface area contributed by atoms with Gasteiger partial charge in [-0.1, -0.05) is 0 Å². The Labute approximate surface area is 101 Å². The largest absolute Gasteiger partial charge is 0.497 e. The molecule has 0 bridgehead atoms. The molecule has 1 aliphatic carbocycles. The van der Waals surface area contributed by atoms with Gasteiger partial charge < -0.3 is 9.47 Å². The quantitative estimate of drug-likeness (QED) is 0.732. The Morgan fingerprint density at radius 1 is 1.29 bits per heavy atom. The summed E-state index contributed by atoms with van der Waals surface area (Å²) in [6.07, 6.45) is 5.48. The number of hydrogen-bond donors (Lipinski definition) is 0. The van der Waals surface area contributed by atoms with Crippen molar-refractivity contribution in [2.45, 2.75) is 12.8 Å². The van der Waals surface area contributed by atoms with Crippen molar-refractivity contribution in [1.29, 1.82) is 0 Å². The first kappa shape index (κ1) is 11.7. The van der Waals surface area contributed by atoms with Crippen LogP contribution in [0.2, 0.25) is 0 Å². The summed E-state index contributed by atoms with van der Waals surface area (Å²) in [6, 6.07) is 5.52. The zero-order valence-electron chi connectivity index (χ0n) is 10.1. The lowest BCUT2D eigenvalue weighted by Gasteiger charge is -2.06. The fraction of sp³-hybridized carbons (Fsp3) is 0.357. The molecular formula is C14H16O3. The molecule has 3 heteroatoms. The van der Waals surface area contributed by atoms with E-state index in [1.54, 1.807) is 26.4 Å². The topological polar surface area (TPSA) is 35.5 Å². The third-order valence-corrected chi connectivity index (χ3v) is 2.84. The number of carbonyl (C=O) groups is 1. The van der Waals surface area contributed by atoms with Crippen LogP contribution in [0.4, 0.5) is 0 Å². The van der Waals surface area contributed by atoms with Crippen LogP contribution in [0.5, 0.6) is 11.5 Å². The molecule has 90 valence electrons. The van der Waals surface area contributed by atoms with E-state index in [1.807, 2.05) is 18.2 Å². The minimum atomic E-state index is 0.204. The lowest BCUT2D eigenvalue weighted by molar-refractivity contribution is -0.115. The van der Waals surface area contributed by atoms with Crippen molar-refractivity contribution in [2.24, 2.45) is 5.92 Å². The van der Waals surface area contributed by atoms with Crippen LogP contribution in [0, 0.1) is 5.92 Å². The Morgan fingerprint density at radius 3 is 2.65 bits per heavy atom. The maximum Gasteiger partial charge on any atom is 0.158 e. The minimum absolute atomic E-state index is 0.204. The monoisotopic (exact) mass is 232 g/mol. The highest BCUT2D eigenvalue weighted by molar-refractivity contribution is 5.97. The van der Waals surface area contributed by atoms with E-state index in [0.29, 0.717) is 0 Å². The molecule has 1 aromatic rings. The van der Waals surface area contributed by atoms with Gasteiger partial charge in [-0.15, -0.1) is 0 Å². The third kappa shape index (κ3) is 2.87. The van der Waals surface area contributed by atoms with Crippen molar-refractivity contribution in [2.75, 3.05) is 14.2 Å². The van der Waals surface area contributed by atoms with E-state index in [4.69, 9.17) is 9.47 Å². The second-order valence-corrected chi connectivity index (χ2v) is 4.12. The van der Waals surface area contributed by atoms with Gasteiger partial charge in [0.2, 0.25) is 0 Å². The summed E-state index contributed by atoms with van der Waals surface area (Å²) in [7, 11) is 3.23. The van der Waals surface area contributed by atoms with Gasteiger partial charge in [-0.2, -0.15) is 0 Å². The predicted octanol–water partition coefficient (Wildman–Crippen LogP) is 2.70. The number of methoxy groups -OCH3 is 2. The molecule has 0 radical (unpaired) electrons. The second-order valence-electron chi connectivity index (χ2n) is 4.12. The van der Waals surface area contributed by atoms with Gasteiger partial charge in [0, 0.05) is 11.5 Å². The van der Waals surface area contributed by atoms with Gasteiger partial charge in [0.25, 0.3) is 0 Å². The molecule has 1 aromatic carbocycles. The molecule has 0 heterocycles. The van der Waals surface area contributed by atoms with Crippen LogP contribution in [0.3, 0.4) is 0 Å². The normalized spacial score (nSPS) is 14.9. The summed E-state index contributed by atoms with van der Waals surface area (Å²) >= 11 is 0. The average Bonchev–Trinajstić information content (AvgIpc) is 3.19. The van der Waals surface area contributed by atoms with E-state index in [0.717, 1.165) is 29.9 Å². The van der Waals surface area contributed by atoms with Crippen molar-refractivity contribution in [3.63, 3.8) is 0 Å². The first-order chi connectivity index (χ1) is 8.24. The van der Waals surface area contributed by atoms with Gasteiger partial charge in [-0.25, -0.2) is 0 Å². The Bertz CT molecular complexity index is 445. The molecule has 0 unspecified atom stereocenters. The van der Waals surface area contributed by atoms with Crippen molar-refractivity contribution in [3.8, 4) is 11.5 Å². The van der Waals surface area contributed by atoms with Gasteiger partial charge in [-0.3, -0.25) is 4.79 Å². The van der Waals surface area contributed by atoms with Crippen LogP contribution in [-0.2, 0) is 4.79 Å². The zero-order chi connectivity index (χ0) is 12.3. The molecule has 17 heavy (non-hydrogen) atoms. The number of hydrogen-bond acceptors (Lipinski definition) is 3. The molecule has 0 aliphatic heterocycles. The number of rotatable bonds is 5. The number of carbonyl (C=O) groups excluding carboxylic acids is 1. The summed E-state index contributed by atoms with van der Waals surface area (Å²) in [5.41, 5.74) is 0.862. The van der Waals surface area contributed by atoms with E-state index >= 15 is 0 Å². The first-order valence-electron chi connectivity index (χ1n) is 5.68. The Kier molecular flexibility index (Phi) is 3.47. The van der Waals surface area contributed by atoms with Gasteiger partial charge >= 0.3 is 0 Å². The summed E-state index contributed by atoms with van der Waals surface area (Å²) in [5.74, 6) is 1.95. The average molecular weight is 232 g/mol. The minimum Gasteiger partial charge on any atom is -0.497 e. The third-order valence-electron chi connectivity index (χ3n) is 2.84. The molecule has 0 saturated heterocycles. The molecular weight excluding hydrogens is 216 g/mol. The van der Waals surface area contributed by atoms with Crippen LogP contribution in [0.25, 0.3) is 6.08 Å². The predicted molar refractivity (Wildman–Crippen MR) is 66.3 cm³/mol. The van der Waals surface area contributed by atoms with E-state index in [2.05, 4.69) is 0 Å². The molecule has 0 atom stereocenters. The maximum atomic E-state index is 11.6. The molecule has 0 aromatic heterocycles. The number of benzene rings is 1. The van der Waals surface area contributed by atoms with Crippen molar-refractivity contribution in [3.05, 3.63) is 29.8 Å². The number of ketones is 1. The molecule has 1 saturated carbocycles. The maximum absolute atomic E-state index is 11.6. The van der Waals surface area contributed by atoms with E-state index in [-0.39, 0.29) is 11.7 Å². The van der Waals surface area contributed by atoms with Crippen molar-refractivity contribution >= 4 is 11.9 Å². The van der Waals surface area contributed by atoms with E-state index in [1.165, 1.54) is 0 Å². The summed E-state index contributed by atoms with van der Waals surface area (Å²) in [4.78, 5) is 11.6. The Morgan fingerprint density at radius 2 is 2.06 bits per heavy atom. The summed E-state index contributed by atoms with van der Waals surface area (Å²) in [5, 5.41) is 0. The molecule has 1 fully saturated rings. The van der Waals surface area contributed by atoms with E-state index in [9.17, 15) is 4.79 Å². The summed E-state index contributed by atoms with van der Waals surface area (Å²) < 4.78 is 10.4. The van der Waals surface area contributed by atoms with Gasteiger partial charge in [-0.05, 0) is 43.2 Å². The van der Waals surface area contributed by atoms with Gasteiger partial charge in [0.15, 0.2) is 5.78 Å². The molecule has 3 nitrogen and oxygen atoms in total. The van der Waals surface area contributed by atoms with Gasteiger partial charge in [0.05, 0.1) is 14.2 Å². The van der Waals surface area contributed by atoms with Crippen LogP contribution < -0.4 is 9.47 Å². The summed E-state index contributed by atoms with van der Waals surface area (Å²) in [6.45, 7) is 0. The van der Waals surface area contributed by atoms with Crippen LogP contribution >= 0.6 is 0 Å². The molecule has 1 aliphatic rings. The SMILES string of the molecule is COc1ccc(OC)c(/C=C/C(=O)C2CC2)c1. The Hall–Kier alpha value is -1.77. The fourth-order valence-corrected chi connectivity index (χ4v) is 1.65. The smallest absolute Gasteiger partial charge is 0.158 e. The zero-order valence-corrected chi connectivity index (χ0v) is 10.1. The van der Waals surface area contributed by atoms with Crippen LogP contribution in [0.15, 0.2) is 24.3 Å². The van der Waals surface area contributed by atoms with E-state index < -0.39 is 0 Å². The second kappa shape index (κ2) is 5.04. The molecule has 0 spiro atoms. The van der Waals surface area contributed by atoms with Crippen LogP contribution in [0.1, 0.15) is 18.4 Å². The molecule has 0 amide bonds. The van der Waals surface area contributed by atoms with Crippen LogP contribution in [-0.4, -0.2) is 20.0 Å². The van der Waals surface area contributed by atoms with Crippen molar-refractivity contribution < 1.29 is 14.3 Å². The lowest BCUT2D eigenvalue weighted by atomic mass is 10.1. The van der Waals surface area contributed by atoms with Crippen molar-refractivity contribution in [1.82, 2.24) is 0 Å². The fourth-order valence-electron chi connectivity index (χ4n) is 1.65. The lowest BCUT2D eigenvalue weighted by Crippen LogP contribution is -1.94.